The van der Waals surface area contributed by atoms with E-state index in [2.05, 4.69) is 15.1 Å². The number of rotatable bonds is 3. The Balaban J connectivity index is 1.54. The highest BCUT2D eigenvalue weighted by atomic mass is 16.5. The molecule has 1 fully saturated rings. The maximum absolute atomic E-state index is 11.5. The van der Waals surface area contributed by atoms with E-state index in [4.69, 9.17) is 4.74 Å². The highest BCUT2D eigenvalue weighted by molar-refractivity contribution is 5.76. The molecule has 4 rings (SSSR count). The lowest BCUT2D eigenvalue weighted by Crippen LogP contribution is -2.33. The van der Waals surface area contributed by atoms with Gasteiger partial charge >= 0.3 is 5.97 Å². The third-order valence-electron chi connectivity index (χ3n) is 4.37. The lowest BCUT2D eigenvalue weighted by Gasteiger charge is -2.33. The van der Waals surface area contributed by atoms with Crippen molar-refractivity contribution in [2.45, 2.75) is 18.9 Å². The fraction of sp³-hybridized carbons (Fsp3) is 0.294. The molecule has 6 nitrogen and oxygen atoms in total. The van der Waals surface area contributed by atoms with Crippen molar-refractivity contribution in [3.05, 3.63) is 42.9 Å². The smallest absolute Gasteiger partial charge is 0.308 e. The minimum Gasteiger partial charge on any atom is -0.469 e. The summed E-state index contributed by atoms with van der Waals surface area (Å²) in [7, 11) is 1.43. The molecule has 0 radical (unpaired) electrons. The van der Waals surface area contributed by atoms with Crippen molar-refractivity contribution in [3.8, 4) is 11.3 Å². The molecule has 23 heavy (non-hydrogen) atoms. The Kier molecular flexibility index (Phi) is 3.29. The van der Waals surface area contributed by atoms with E-state index < -0.39 is 0 Å². The van der Waals surface area contributed by atoms with E-state index in [1.54, 1.807) is 12.4 Å². The largest absolute Gasteiger partial charge is 0.469 e. The Bertz CT molecular complexity index is 868. The fourth-order valence-electron chi connectivity index (χ4n) is 2.93. The van der Waals surface area contributed by atoms with Gasteiger partial charge < -0.3 is 4.74 Å². The number of benzene rings is 1. The van der Waals surface area contributed by atoms with Crippen LogP contribution in [0.15, 0.2) is 42.9 Å². The number of nitrogens with zero attached hydrogens (tertiary/aromatic N) is 4. The highest BCUT2D eigenvalue weighted by Crippen LogP contribution is 2.38. The third-order valence-corrected chi connectivity index (χ3v) is 4.37. The first-order valence-corrected chi connectivity index (χ1v) is 7.59. The molecule has 1 saturated carbocycles. The number of methoxy groups -OCH3 is 1. The molecule has 1 aliphatic carbocycles. The van der Waals surface area contributed by atoms with E-state index in [9.17, 15) is 4.79 Å². The maximum Gasteiger partial charge on any atom is 0.308 e. The molecule has 0 saturated heterocycles. The zero-order valence-corrected chi connectivity index (χ0v) is 12.7. The van der Waals surface area contributed by atoms with Gasteiger partial charge in [0.2, 0.25) is 0 Å². The molecule has 3 aromatic rings. The Morgan fingerprint density at radius 3 is 2.78 bits per heavy atom. The number of para-hydroxylation sites is 2. The Morgan fingerprint density at radius 2 is 2.00 bits per heavy atom. The van der Waals surface area contributed by atoms with Crippen LogP contribution in [0.4, 0.5) is 0 Å². The van der Waals surface area contributed by atoms with Crippen molar-refractivity contribution < 1.29 is 9.53 Å². The van der Waals surface area contributed by atoms with E-state index >= 15 is 0 Å². The van der Waals surface area contributed by atoms with Gasteiger partial charge in [-0.1, -0.05) is 12.1 Å². The first-order valence-electron chi connectivity index (χ1n) is 7.59. The van der Waals surface area contributed by atoms with Crippen LogP contribution in [-0.4, -0.2) is 32.8 Å². The van der Waals surface area contributed by atoms with Crippen LogP contribution in [0.5, 0.6) is 0 Å². The SMILES string of the molecule is COC(=O)C1CC(n2cc(-c3cnc4ccccc4n3)cn2)C1. The fourth-order valence-corrected chi connectivity index (χ4v) is 2.93. The van der Waals surface area contributed by atoms with Gasteiger partial charge in [-0.25, -0.2) is 4.98 Å². The summed E-state index contributed by atoms with van der Waals surface area (Å²) in [5.74, 6) is -0.132. The van der Waals surface area contributed by atoms with Crippen molar-refractivity contribution in [2.24, 2.45) is 5.92 Å². The number of aromatic nitrogens is 4. The molecule has 0 amide bonds. The van der Waals surface area contributed by atoms with Gasteiger partial charge in [-0.2, -0.15) is 5.10 Å². The molecule has 2 aromatic heterocycles. The summed E-state index contributed by atoms with van der Waals surface area (Å²) in [6, 6.07) is 8.04. The highest BCUT2D eigenvalue weighted by Gasteiger charge is 2.36. The van der Waals surface area contributed by atoms with Crippen LogP contribution in [-0.2, 0) is 9.53 Å². The van der Waals surface area contributed by atoms with Gasteiger partial charge in [-0.3, -0.25) is 14.5 Å². The van der Waals surface area contributed by atoms with E-state index in [1.165, 1.54) is 7.11 Å². The number of carbonyl (C=O) groups excluding carboxylic acids is 1. The van der Waals surface area contributed by atoms with Crippen LogP contribution in [0.1, 0.15) is 18.9 Å². The van der Waals surface area contributed by atoms with Gasteiger partial charge in [0.05, 0.1) is 48.2 Å². The minimum atomic E-state index is -0.131. The topological polar surface area (TPSA) is 69.9 Å². The zero-order valence-electron chi connectivity index (χ0n) is 12.7. The lowest BCUT2D eigenvalue weighted by molar-refractivity contribution is -0.149. The van der Waals surface area contributed by atoms with Crippen LogP contribution in [0, 0.1) is 5.92 Å². The standard InChI is InChI=1S/C17H16N4O2/c1-23-17(22)11-6-13(7-11)21-10-12(8-19-21)16-9-18-14-4-2-3-5-15(14)20-16/h2-5,8-11,13H,6-7H2,1H3. The second kappa shape index (κ2) is 5.46. The molecule has 0 atom stereocenters. The monoisotopic (exact) mass is 308 g/mol. The average Bonchev–Trinajstić information content (AvgIpc) is 3.02. The molecule has 2 heterocycles. The number of hydrogen-bond donors (Lipinski definition) is 0. The van der Waals surface area contributed by atoms with Gasteiger partial charge in [-0.05, 0) is 25.0 Å². The summed E-state index contributed by atoms with van der Waals surface area (Å²) in [6.45, 7) is 0. The number of ether oxygens (including phenoxy) is 1. The van der Waals surface area contributed by atoms with Gasteiger partial charge in [0.15, 0.2) is 0 Å². The zero-order chi connectivity index (χ0) is 15.8. The predicted molar refractivity (Wildman–Crippen MR) is 84.5 cm³/mol. The molecule has 0 spiro atoms. The first kappa shape index (κ1) is 13.9. The average molecular weight is 308 g/mol. The van der Waals surface area contributed by atoms with Crippen LogP contribution in [0.2, 0.25) is 0 Å². The van der Waals surface area contributed by atoms with E-state index in [0.29, 0.717) is 0 Å². The van der Waals surface area contributed by atoms with Crippen molar-refractivity contribution in [1.82, 2.24) is 19.7 Å². The van der Waals surface area contributed by atoms with Gasteiger partial charge in [0, 0.05) is 11.8 Å². The first-order chi connectivity index (χ1) is 11.2. The molecule has 6 heteroatoms. The second-order valence-electron chi connectivity index (χ2n) is 5.80. The molecule has 0 unspecified atom stereocenters. The summed E-state index contributed by atoms with van der Waals surface area (Å²) in [6.07, 6.45) is 7.08. The van der Waals surface area contributed by atoms with Crippen LogP contribution >= 0.6 is 0 Å². The summed E-state index contributed by atoms with van der Waals surface area (Å²) in [4.78, 5) is 20.5. The number of hydrogen-bond acceptors (Lipinski definition) is 5. The summed E-state index contributed by atoms with van der Waals surface area (Å²) in [5, 5.41) is 4.41. The normalized spacial score (nSPS) is 20.2. The number of esters is 1. The van der Waals surface area contributed by atoms with Crippen molar-refractivity contribution in [1.29, 1.82) is 0 Å². The second-order valence-corrected chi connectivity index (χ2v) is 5.80. The molecular formula is C17H16N4O2. The quantitative estimate of drug-likeness (QED) is 0.696. The third kappa shape index (κ3) is 2.46. The minimum absolute atomic E-state index is 0.00175. The number of carbonyl (C=O) groups is 1. The van der Waals surface area contributed by atoms with E-state index in [1.807, 2.05) is 35.1 Å². The molecular weight excluding hydrogens is 292 g/mol. The van der Waals surface area contributed by atoms with Gasteiger partial charge in [0.1, 0.15) is 0 Å². The van der Waals surface area contributed by atoms with Gasteiger partial charge in [0.25, 0.3) is 0 Å². The molecule has 116 valence electrons. The van der Waals surface area contributed by atoms with E-state index in [0.717, 1.165) is 35.1 Å². The Labute approximate surface area is 133 Å². The Hall–Kier alpha value is -2.76. The molecule has 0 aliphatic heterocycles. The predicted octanol–water partition coefficient (Wildman–Crippen LogP) is 2.62. The Morgan fingerprint density at radius 1 is 1.22 bits per heavy atom. The van der Waals surface area contributed by atoms with Crippen molar-refractivity contribution in [3.63, 3.8) is 0 Å². The van der Waals surface area contributed by atoms with Crippen LogP contribution in [0.25, 0.3) is 22.3 Å². The van der Waals surface area contributed by atoms with Gasteiger partial charge in [-0.15, -0.1) is 0 Å². The number of fused-ring (bicyclic) bond motifs is 1. The molecule has 1 aliphatic rings. The van der Waals surface area contributed by atoms with E-state index in [-0.39, 0.29) is 17.9 Å². The van der Waals surface area contributed by atoms with Crippen molar-refractivity contribution >= 4 is 17.0 Å². The summed E-state index contributed by atoms with van der Waals surface area (Å²) in [5.41, 5.74) is 3.49. The lowest BCUT2D eigenvalue weighted by atomic mass is 9.80. The summed E-state index contributed by atoms with van der Waals surface area (Å²) >= 11 is 0. The molecule has 0 bridgehead atoms. The molecule has 1 aromatic carbocycles. The van der Waals surface area contributed by atoms with Crippen LogP contribution < -0.4 is 0 Å². The van der Waals surface area contributed by atoms with Crippen molar-refractivity contribution in [2.75, 3.05) is 7.11 Å². The molecule has 0 N–H and O–H groups in total. The maximum atomic E-state index is 11.5. The summed E-state index contributed by atoms with van der Waals surface area (Å²) < 4.78 is 6.68. The van der Waals surface area contributed by atoms with Crippen LogP contribution in [0.3, 0.4) is 0 Å².